The van der Waals surface area contributed by atoms with E-state index >= 15 is 0 Å². The molecule has 0 saturated heterocycles. The highest BCUT2D eigenvalue weighted by molar-refractivity contribution is 6.01. The van der Waals surface area contributed by atoms with Crippen molar-refractivity contribution in [1.29, 1.82) is 5.41 Å². The lowest BCUT2D eigenvalue weighted by Gasteiger charge is -1.95. The molecular formula is C6H12N2O. The summed E-state index contributed by atoms with van der Waals surface area (Å²) in [5.41, 5.74) is 5.42. The van der Waals surface area contributed by atoms with Crippen LogP contribution in [0.4, 0.5) is 0 Å². The summed E-state index contributed by atoms with van der Waals surface area (Å²) in [6.07, 6.45) is 0.732. The number of nitrogens with two attached hydrogens (primary N) is 1. The highest BCUT2D eigenvalue weighted by Crippen LogP contribution is 1.88. The molecule has 0 aliphatic rings. The molecule has 0 radical (unpaired) electrons. The highest BCUT2D eigenvalue weighted by Gasteiger charge is 2.00. The molecular weight excluding hydrogens is 116 g/mol. The minimum Gasteiger partial charge on any atom is -0.325 e. The summed E-state index contributed by atoms with van der Waals surface area (Å²) < 4.78 is 0. The van der Waals surface area contributed by atoms with E-state index in [0.717, 1.165) is 0 Å². The first-order valence-corrected chi connectivity index (χ1v) is 2.98. The normalized spacial score (nSPS) is 9.11. The third-order valence-corrected chi connectivity index (χ3v) is 1.05. The van der Waals surface area contributed by atoms with Gasteiger partial charge in [-0.05, 0) is 0 Å². The lowest BCUT2D eigenvalue weighted by molar-refractivity contribution is -0.117. The second kappa shape index (κ2) is 4.21. The molecule has 0 aromatic carbocycles. The van der Waals surface area contributed by atoms with Crippen molar-refractivity contribution in [3.8, 4) is 0 Å². The van der Waals surface area contributed by atoms with Crippen LogP contribution in [0, 0.1) is 5.41 Å². The van der Waals surface area contributed by atoms with Crippen LogP contribution in [0.2, 0.25) is 0 Å². The maximum absolute atomic E-state index is 10.6. The van der Waals surface area contributed by atoms with Gasteiger partial charge in [-0.15, -0.1) is 0 Å². The van der Waals surface area contributed by atoms with Crippen LogP contribution in [0.3, 0.4) is 0 Å². The van der Waals surface area contributed by atoms with Gasteiger partial charge in [0.05, 0.1) is 0 Å². The summed E-state index contributed by atoms with van der Waals surface area (Å²) in [6.45, 7) is 1.98. The smallest absolute Gasteiger partial charge is 0.138 e. The fourth-order valence-corrected chi connectivity index (χ4v) is 0.435. The number of nitrogens with one attached hydrogen (secondary N) is 1. The van der Waals surface area contributed by atoms with Crippen LogP contribution in [0.5, 0.6) is 0 Å². The molecule has 0 atom stereocenters. The Morgan fingerprint density at radius 2 is 2.22 bits per heavy atom. The molecule has 0 aromatic rings. The molecule has 0 aliphatic heterocycles. The second-order valence-corrected chi connectivity index (χ2v) is 1.88. The average Bonchev–Trinajstić information content (AvgIpc) is 1.87. The molecule has 3 nitrogen and oxygen atoms in total. The maximum atomic E-state index is 10.6. The van der Waals surface area contributed by atoms with Crippen LogP contribution in [-0.4, -0.2) is 18.0 Å². The molecule has 3 heteroatoms. The van der Waals surface area contributed by atoms with Gasteiger partial charge in [-0.3, -0.25) is 4.79 Å². The largest absolute Gasteiger partial charge is 0.325 e. The van der Waals surface area contributed by atoms with Crippen LogP contribution in [0.25, 0.3) is 0 Å². The predicted molar refractivity (Wildman–Crippen MR) is 36.7 cm³/mol. The number of ketones is 1. The Hall–Kier alpha value is -0.700. The van der Waals surface area contributed by atoms with Crippen LogP contribution in [-0.2, 0) is 4.79 Å². The Kier molecular flexibility index (Phi) is 3.88. The summed E-state index contributed by atoms with van der Waals surface area (Å²) in [6, 6.07) is 0. The van der Waals surface area contributed by atoms with E-state index in [1.165, 1.54) is 0 Å². The maximum Gasteiger partial charge on any atom is 0.138 e. The molecule has 0 aliphatic carbocycles. The Morgan fingerprint density at radius 1 is 1.67 bits per heavy atom. The van der Waals surface area contributed by atoms with Gasteiger partial charge < -0.3 is 11.1 Å². The van der Waals surface area contributed by atoms with E-state index in [-0.39, 0.29) is 18.7 Å². The molecule has 3 N–H and O–H groups in total. The van der Waals surface area contributed by atoms with Crippen molar-refractivity contribution in [3.63, 3.8) is 0 Å². The van der Waals surface area contributed by atoms with E-state index in [2.05, 4.69) is 0 Å². The van der Waals surface area contributed by atoms with Crippen LogP contribution in [0.15, 0.2) is 0 Å². The van der Waals surface area contributed by atoms with E-state index in [0.29, 0.717) is 12.1 Å². The molecule has 0 rings (SSSR count). The summed E-state index contributed by atoms with van der Waals surface area (Å²) in [5.74, 6) is 0.0884. The van der Waals surface area contributed by atoms with Gasteiger partial charge in [0, 0.05) is 25.1 Å². The Balaban J connectivity index is 3.47. The van der Waals surface area contributed by atoms with Crippen molar-refractivity contribution < 1.29 is 4.79 Å². The van der Waals surface area contributed by atoms with Gasteiger partial charge in [0.2, 0.25) is 0 Å². The number of Topliss-reactive ketones (excluding diaryl/α,β-unsaturated/α-hetero) is 1. The van der Waals surface area contributed by atoms with Crippen molar-refractivity contribution in [1.82, 2.24) is 0 Å². The number of carbonyl (C=O) groups excluding carboxylic acids is 1. The van der Waals surface area contributed by atoms with E-state index in [4.69, 9.17) is 11.1 Å². The zero-order valence-corrected chi connectivity index (χ0v) is 5.61. The van der Waals surface area contributed by atoms with Gasteiger partial charge >= 0.3 is 0 Å². The van der Waals surface area contributed by atoms with Crippen molar-refractivity contribution in [3.05, 3.63) is 0 Å². The average molecular weight is 128 g/mol. The quantitative estimate of drug-likeness (QED) is 0.536. The van der Waals surface area contributed by atoms with Gasteiger partial charge in [-0.2, -0.15) is 0 Å². The molecule has 52 valence electrons. The molecule has 0 saturated carbocycles. The zero-order chi connectivity index (χ0) is 7.28. The molecule has 0 bridgehead atoms. The van der Waals surface area contributed by atoms with Crippen molar-refractivity contribution in [2.75, 3.05) is 6.54 Å². The molecule has 0 spiro atoms. The fourth-order valence-electron chi connectivity index (χ4n) is 0.435. The lowest BCUT2D eigenvalue weighted by Crippen LogP contribution is -2.16. The fraction of sp³-hybridized carbons (Fsp3) is 0.667. The predicted octanol–water partition coefficient (Wildman–Crippen LogP) is 0.334. The SMILES string of the molecule is CCC(=O)CC(=N)CN. The van der Waals surface area contributed by atoms with E-state index in [9.17, 15) is 4.79 Å². The van der Waals surface area contributed by atoms with Crippen molar-refractivity contribution in [2.24, 2.45) is 5.73 Å². The summed E-state index contributed by atoms with van der Waals surface area (Å²) in [7, 11) is 0. The van der Waals surface area contributed by atoms with Gasteiger partial charge in [0.25, 0.3) is 0 Å². The highest BCUT2D eigenvalue weighted by atomic mass is 16.1. The molecule has 0 heterocycles. The second-order valence-electron chi connectivity index (χ2n) is 1.88. The van der Waals surface area contributed by atoms with Crippen LogP contribution in [0.1, 0.15) is 19.8 Å². The van der Waals surface area contributed by atoms with Crippen molar-refractivity contribution in [2.45, 2.75) is 19.8 Å². The summed E-state index contributed by atoms with van der Waals surface area (Å²) in [5, 5.41) is 7.03. The Bertz CT molecular complexity index is 106. The van der Waals surface area contributed by atoms with E-state index in [1.807, 2.05) is 0 Å². The molecule has 0 amide bonds. The van der Waals surface area contributed by atoms with Crippen LogP contribution < -0.4 is 5.73 Å². The topological polar surface area (TPSA) is 66.9 Å². The number of carbonyl (C=O) groups is 1. The van der Waals surface area contributed by atoms with E-state index in [1.54, 1.807) is 6.92 Å². The number of rotatable bonds is 4. The minimum atomic E-state index is 0.0884. The lowest BCUT2D eigenvalue weighted by atomic mass is 10.1. The number of hydrogen-bond donors (Lipinski definition) is 2. The monoisotopic (exact) mass is 128 g/mol. The molecule has 0 unspecified atom stereocenters. The Morgan fingerprint density at radius 3 is 2.56 bits per heavy atom. The molecule has 0 fully saturated rings. The van der Waals surface area contributed by atoms with Crippen molar-refractivity contribution >= 4 is 11.5 Å². The first kappa shape index (κ1) is 8.30. The Labute approximate surface area is 54.8 Å². The first-order chi connectivity index (χ1) is 4.20. The third-order valence-electron chi connectivity index (χ3n) is 1.05. The zero-order valence-electron chi connectivity index (χ0n) is 5.61. The molecule has 9 heavy (non-hydrogen) atoms. The van der Waals surface area contributed by atoms with Gasteiger partial charge in [0.1, 0.15) is 5.78 Å². The van der Waals surface area contributed by atoms with Gasteiger partial charge in [-0.1, -0.05) is 6.92 Å². The van der Waals surface area contributed by atoms with Crippen LogP contribution >= 0.6 is 0 Å². The first-order valence-electron chi connectivity index (χ1n) is 2.98. The number of hydrogen-bond acceptors (Lipinski definition) is 3. The molecule has 0 aromatic heterocycles. The van der Waals surface area contributed by atoms with E-state index < -0.39 is 0 Å². The minimum absolute atomic E-state index is 0.0884. The van der Waals surface area contributed by atoms with Gasteiger partial charge in [-0.25, -0.2) is 0 Å². The summed E-state index contributed by atoms with van der Waals surface area (Å²) >= 11 is 0. The standard InChI is InChI=1S/C6H12N2O/c1-2-6(9)3-5(8)4-7/h8H,2-4,7H2,1H3. The summed E-state index contributed by atoms with van der Waals surface area (Å²) in [4.78, 5) is 10.6. The third kappa shape index (κ3) is 3.85. The van der Waals surface area contributed by atoms with Gasteiger partial charge in [0.15, 0.2) is 0 Å².